The smallest absolute Gasteiger partial charge is 0.264 e. The molecule has 3 rings (SSSR count). The van der Waals surface area contributed by atoms with Gasteiger partial charge in [-0.3, -0.25) is 13.9 Å². The van der Waals surface area contributed by atoms with Crippen molar-refractivity contribution in [2.24, 2.45) is 0 Å². The van der Waals surface area contributed by atoms with E-state index >= 15 is 0 Å². The van der Waals surface area contributed by atoms with Crippen molar-refractivity contribution in [1.82, 2.24) is 10.2 Å². The molecule has 0 fully saturated rings. The normalized spacial score (nSPS) is 12.3. The van der Waals surface area contributed by atoms with Crippen molar-refractivity contribution in [1.29, 1.82) is 0 Å². The average Bonchev–Trinajstić information content (AvgIpc) is 2.92. The summed E-state index contributed by atoms with van der Waals surface area (Å²) in [6, 6.07) is 18.2. The summed E-state index contributed by atoms with van der Waals surface area (Å²) in [6.07, 6.45) is 0.305. The van der Waals surface area contributed by atoms with Crippen molar-refractivity contribution >= 4 is 27.5 Å². The number of hydrogen-bond acceptors (Lipinski definition) is 4. The first-order valence-electron chi connectivity index (χ1n) is 13.9. The minimum atomic E-state index is -4.15. The number of amides is 2. The van der Waals surface area contributed by atoms with Gasteiger partial charge in [0.1, 0.15) is 18.4 Å². The highest BCUT2D eigenvalue weighted by molar-refractivity contribution is 7.92. The van der Waals surface area contributed by atoms with Crippen molar-refractivity contribution in [3.63, 3.8) is 0 Å². The first-order chi connectivity index (χ1) is 19.3. The zero-order valence-corrected chi connectivity index (χ0v) is 25.4. The fourth-order valence-corrected chi connectivity index (χ4v) is 5.89. The molecule has 3 aromatic carbocycles. The number of aryl methyl sites for hydroxylation is 1. The third-order valence-electron chi connectivity index (χ3n) is 6.82. The van der Waals surface area contributed by atoms with E-state index in [-0.39, 0.29) is 29.3 Å². The second-order valence-electron chi connectivity index (χ2n) is 10.8. The van der Waals surface area contributed by atoms with Gasteiger partial charge in [0.05, 0.1) is 10.6 Å². The topological polar surface area (TPSA) is 86.8 Å². The first-order valence-corrected chi connectivity index (χ1v) is 15.3. The highest BCUT2D eigenvalue weighted by atomic mass is 32.2. The summed E-state index contributed by atoms with van der Waals surface area (Å²) in [6.45, 7) is 10.9. The summed E-state index contributed by atoms with van der Waals surface area (Å²) in [4.78, 5) is 28.7. The number of hydrogen-bond donors (Lipinski definition) is 1. The van der Waals surface area contributed by atoms with Gasteiger partial charge >= 0.3 is 0 Å². The molecule has 9 heteroatoms. The Bertz CT molecular complexity index is 1420. The number of sulfonamides is 1. The van der Waals surface area contributed by atoms with Gasteiger partial charge in [0.2, 0.25) is 11.8 Å². The Balaban J connectivity index is 2.07. The van der Waals surface area contributed by atoms with Gasteiger partial charge < -0.3 is 10.2 Å². The van der Waals surface area contributed by atoms with Gasteiger partial charge in [-0.2, -0.15) is 0 Å². The lowest BCUT2D eigenvalue weighted by molar-refractivity contribution is -0.140. The molecule has 0 aliphatic rings. The molecule has 0 aromatic heterocycles. The van der Waals surface area contributed by atoms with Gasteiger partial charge in [-0.25, -0.2) is 12.8 Å². The van der Waals surface area contributed by atoms with Crippen LogP contribution in [-0.4, -0.2) is 43.8 Å². The quantitative estimate of drug-likeness (QED) is 0.294. The molecule has 220 valence electrons. The summed E-state index contributed by atoms with van der Waals surface area (Å²) in [7, 11) is -4.15. The zero-order chi connectivity index (χ0) is 30.3. The molecule has 0 aliphatic carbocycles. The van der Waals surface area contributed by atoms with Crippen LogP contribution in [0.2, 0.25) is 0 Å². The van der Waals surface area contributed by atoms with Gasteiger partial charge in [-0.15, -0.1) is 0 Å². The lowest BCUT2D eigenvalue weighted by Crippen LogP contribution is -2.53. The maximum absolute atomic E-state index is 14.1. The molecule has 1 N–H and O–H groups in total. The van der Waals surface area contributed by atoms with Gasteiger partial charge in [0, 0.05) is 12.6 Å². The number of nitrogens with one attached hydrogen (secondary N) is 1. The molecule has 7 nitrogen and oxygen atoms in total. The van der Waals surface area contributed by atoms with Crippen LogP contribution in [0.3, 0.4) is 0 Å². The number of halogens is 1. The second-order valence-corrected chi connectivity index (χ2v) is 12.7. The van der Waals surface area contributed by atoms with Crippen molar-refractivity contribution < 1.29 is 22.4 Å². The fourth-order valence-electron chi connectivity index (χ4n) is 4.48. The van der Waals surface area contributed by atoms with E-state index in [0.717, 1.165) is 15.4 Å². The molecule has 2 amide bonds. The van der Waals surface area contributed by atoms with Crippen molar-refractivity contribution in [3.05, 3.63) is 95.3 Å². The third kappa shape index (κ3) is 8.16. The third-order valence-corrected chi connectivity index (χ3v) is 8.61. The van der Waals surface area contributed by atoms with Crippen LogP contribution in [0.5, 0.6) is 0 Å². The van der Waals surface area contributed by atoms with Crippen LogP contribution in [0.15, 0.2) is 77.7 Å². The highest BCUT2D eigenvalue weighted by Crippen LogP contribution is 2.27. The van der Waals surface area contributed by atoms with Crippen molar-refractivity contribution in [2.45, 2.75) is 77.4 Å². The molecule has 3 aromatic rings. The van der Waals surface area contributed by atoms with E-state index in [1.807, 2.05) is 46.8 Å². The number of rotatable bonds is 12. The van der Waals surface area contributed by atoms with Crippen LogP contribution in [0.4, 0.5) is 10.1 Å². The highest BCUT2D eigenvalue weighted by Gasteiger charge is 2.34. The predicted molar refractivity (Wildman–Crippen MR) is 161 cm³/mol. The summed E-state index contributed by atoms with van der Waals surface area (Å²) in [5.41, 5.74) is 2.89. The van der Waals surface area contributed by atoms with Crippen molar-refractivity contribution in [2.75, 3.05) is 10.8 Å². The lowest BCUT2D eigenvalue weighted by atomic mass is 10.0. The van der Waals surface area contributed by atoms with Crippen LogP contribution >= 0.6 is 0 Å². The Morgan fingerprint density at radius 3 is 1.98 bits per heavy atom. The van der Waals surface area contributed by atoms with Crippen LogP contribution in [0.1, 0.15) is 63.6 Å². The van der Waals surface area contributed by atoms with Crippen LogP contribution in [-0.2, 0) is 26.2 Å². The summed E-state index contributed by atoms with van der Waals surface area (Å²) in [5, 5.41) is 2.86. The van der Waals surface area contributed by atoms with Gasteiger partial charge in [-0.05, 0) is 80.6 Å². The number of anilines is 1. The van der Waals surface area contributed by atoms with Gasteiger partial charge in [0.15, 0.2) is 0 Å². The minimum Gasteiger partial charge on any atom is -0.352 e. The largest absolute Gasteiger partial charge is 0.352 e. The minimum absolute atomic E-state index is 0.00778. The Hall–Kier alpha value is -3.72. The standard InChI is InChI=1S/C32H40FN3O4S/c1-7-30(32(38)34-23(4)5)35(20-25-10-14-27(33)15-11-25)31(37)21-36(28-16-12-26(13-17-28)22(2)3)41(39,40)29-18-8-24(6)9-19-29/h8-19,22-23,30H,7,20-21H2,1-6H3,(H,34,38)/t30-/m0/s1. The van der Waals surface area contributed by atoms with Gasteiger partial charge in [0.25, 0.3) is 10.0 Å². The van der Waals surface area contributed by atoms with E-state index in [4.69, 9.17) is 0 Å². The van der Waals surface area contributed by atoms with Crippen LogP contribution in [0.25, 0.3) is 0 Å². The second kappa shape index (κ2) is 13.8. The summed E-state index contributed by atoms with van der Waals surface area (Å²) < 4.78 is 42.6. The van der Waals surface area contributed by atoms with E-state index in [1.165, 1.54) is 29.2 Å². The van der Waals surface area contributed by atoms with E-state index in [1.54, 1.807) is 43.3 Å². The van der Waals surface area contributed by atoms with Gasteiger partial charge in [-0.1, -0.05) is 62.7 Å². The molecule has 0 unspecified atom stereocenters. The monoisotopic (exact) mass is 581 g/mol. The molecular formula is C32H40FN3O4S. The first kappa shape index (κ1) is 31.8. The Labute approximate surface area is 243 Å². The summed E-state index contributed by atoms with van der Waals surface area (Å²) >= 11 is 0. The molecule has 0 radical (unpaired) electrons. The molecule has 0 spiro atoms. The lowest BCUT2D eigenvalue weighted by Gasteiger charge is -2.33. The molecule has 41 heavy (non-hydrogen) atoms. The Kier molecular flexibility index (Phi) is 10.7. The number of carbonyl (C=O) groups is 2. The Morgan fingerprint density at radius 2 is 1.46 bits per heavy atom. The van der Waals surface area contributed by atoms with Crippen LogP contribution in [0, 0.1) is 12.7 Å². The van der Waals surface area contributed by atoms with E-state index in [9.17, 15) is 22.4 Å². The molecule has 0 aliphatic heterocycles. The maximum Gasteiger partial charge on any atom is 0.264 e. The number of benzene rings is 3. The predicted octanol–water partition coefficient (Wildman–Crippen LogP) is 5.78. The van der Waals surface area contributed by atoms with E-state index < -0.39 is 34.3 Å². The fraction of sp³-hybridized carbons (Fsp3) is 0.375. The molecule has 0 saturated carbocycles. The number of carbonyl (C=O) groups excluding carboxylic acids is 2. The SMILES string of the molecule is CC[C@@H](C(=O)NC(C)C)N(Cc1ccc(F)cc1)C(=O)CN(c1ccc(C(C)C)cc1)S(=O)(=O)c1ccc(C)cc1. The zero-order valence-electron chi connectivity index (χ0n) is 24.6. The molecule has 0 bridgehead atoms. The molecule has 0 heterocycles. The maximum atomic E-state index is 14.1. The molecule has 1 atom stereocenters. The van der Waals surface area contributed by atoms with E-state index in [0.29, 0.717) is 17.7 Å². The average molecular weight is 582 g/mol. The van der Waals surface area contributed by atoms with Crippen LogP contribution < -0.4 is 9.62 Å². The summed E-state index contributed by atoms with van der Waals surface area (Å²) in [5.74, 6) is -1.07. The van der Waals surface area contributed by atoms with Crippen molar-refractivity contribution in [3.8, 4) is 0 Å². The Morgan fingerprint density at radius 1 is 0.878 bits per heavy atom. The molecular weight excluding hydrogens is 541 g/mol. The molecule has 0 saturated heterocycles. The van der Waals surface area contributed by atoms with E-state index in [2.05, 4.69) is 5.32 Å². The number of nitrogens with zero attached hydrogens (tertiary/aromatic N) is 2.